The topological polar surface area (TPSA) is 31.9 Å². The van der Waals surface area contributed by atoms with Crippen LogP contribution < -0.4 is 4.90 Å². The van der Waals surface area contributed by atoms with Gasteiger partial charge in [-0.3, -0.25) is 0 Å². The van der Waals surface area contributed by atoms with Crippen molar-refractivity contribution in [2.24, 2.45) is 0 Å². The van der Waals surface area contributed by atoms with E-state index in [9.17, 15) is 0 Å². The van der Waals surface area contributed by atoms with Crippen molar-refractivity contribution in [1.29, 1.82) is 0 Å². The van der Waals surface area contributed by atoms with E-state index in [0.29, 0.717) is 5.92 Å². The molecular formula is C20H17Cl2N3S. The van der Waals surface area contributed by atoms with Gasteiger partial charge in [-0.25, -0.2) is 4.98 Å². The maximum Gasteiger partial charge on any atom is 0.186 e. The van der Waals surface area contributed by atoms with E-state index < -0.39 is 0 Å². The van der Waals surface area contributed by atoms with Gasteiger partial charge in [0.2, 0.25) is 0 Å². The lowest BCUT2D eigenvalue weighted by molar-refractivity contribution is 0.584. The van der Waals surface area contributed by atoms with Crippen LogP contribution >= 0.6 is 34.5 Å². The maximum absolute atomic E-state index is 6.25. The molecule has 1 aliphatic rings. The van der Waals surface area contributed by atoms with Gasteiger partial charge in [-0.05, 0) is 48.4 Å². The predicted molar refractivity (Wildman–Crippen MR) is 112 cm³/mol. The number of rotatable bonds is 2. The van der Waals surface area contributed by atoms with E-state index in [1.807, 2.05) is 24.3 Å². The first-order valence-electron chi connectivity index (χ1n) is 8.73. The van der Waals surface area contributed by atoms with Crippen LogP contribution in [-0.4, -0.2) is 16.5 Å². The Morgan fingerprint density at radius 2 is 2.00 bits per heavy atom. The van der Waals surface area contributed by atoms with Gasteiger partial charge in [0.1, 0.15) is 0 Å². The first-order chi connectivity index (χ1) is 12.6. The fourth-order valence-corrected chi connectivity index (χ4v) is 5.37. The van der Waals surface area contributed by atoms with Gasteiger partial charge in [-0.15, -0.1) is 0 Å². The minimum Gasteiger partial charge on any atom is -0.357 e. The van der Waals surface area contributed by atoms with Crippen LogP contribution in [-0.2, 0) is 6.54 Å². The fourth-order valence-electron chi connectivity index (χ4n) is 3.95. The Balaban J connectivity index is 1.59. The maximum atomic E-state index is 6.25. The van der Waals surface area contributed by atoms with Gasteiger partial charge in [-0.2, -0.15) is 0 Å². The normalized spacial score (nSPS) is 17.2. The number of hydrogen-bond donors (Lipinski definition) is 1. The zero-order valence-corrected chi connectivity index (χ0v) is 16.5. The SMILES string of the molecule is CCC1CN(c2nc3ccc(Cl)cc3s2)Cc2[nH]c3ccc(Cl)cc3c21. The summed E-state index contributed by atoms with van der Waals surface area (Å²) in [7, 11) is 0. The predicted octanol–water partition coefficient (Wildman–Crippen LogP) is 6.60. The Morgan fingerprint density at radius 1 is 1.19 bits per heavy atom. The van der Waals surface area contributed by atoms with Crippen molar-refractivity contribution in [1.82, 2.24) is 9.97 Å². The van der Waals surface area contributed by atoms with Crippen molar-refractivity contribution in [2.45, 2.75) is 25.8 Å². The second-order valence-electron chi connectivity index (χ2n) is 6.80. The van der Waals surface area contributed by atoms with E-state index in [0.717, 1.165) is 50.4 Å². The van der Waals surface area contributed by atoms with Crippen LogP contribution in [0.1, 0.15) is 30.5 Å². The van der Waals surface area contributed by atoms with Gasteiger partial charge >= 0.3 is 0 Å². The van der Waals surface area contributed by atoms with Crippen LogP contribution in [0.2, 0.25) is 10.0 Å². The molecule has 1 unspecified atom stereocenters. The Bertz CT molecular complexity index is 1130. The number of halogens is 2. The molecule has 3 heterocycles. The fraction of sp³-hybridized carbons (Fsp3) is 0.250. The highest BCUT2D eigenvalue weighted by Crippen LogP contribution is 2.40. The molecule has 6 heteroatoms. The molecule has 4 aromatic rings. The number of anilines is 1. The number of fused-ring (bicyclic) bond motifs is 4. The number of benzene rings is 2. The van der Waals surface area contributed by atoms with Crippen molar-refractivity contribution in [3.63, 3.8) is 0 Å². The number of aromatic nitrogens is 2. The molecule has 1 aliphatic heterocycles. The molecule has 0 amide bonds. The monoisotopic (exact) mass is 401 g/mol. The smallest absolute Gasteiger partial charge is 0.186 e. The summed E-state index contributed by atoms with van der Waals surface area (Å²) in [6.45, 7) is 4.06. The third kappa shape index (κ3) is 2.59. The Morgan fingerprint density at radius 3 is 2.85 bits per heavy atom. The average molecular weight is 402 g/mol. The molecule has 0 aliphatic carbocycles. The van der Waals surface area contributed by atoms with Gasteiger partial charge in [0.25, 0.3) is 0 Å². The van der Waals surface area contributed by atoms with Crippen molar-refractivity contribution in [2.75, 3.05) is 11.4 Å². The molecule has 1 atom stereocenters. The molecule has 0 saturated heterocycles. The molecule has 5 rings (SSSR count). The van der Waals surface area contributed by atoms with E-state index in [-0.39, 0.29) is 0 Å². The molecule has 3 nitrogen and oxygen atoms in total. The van der Waals surface area contributed by atoms with Crippen LogP contribution in [0.4, 0.5) is 5.13 Å². The van der Waals surface area contributed by atoms with Gasteiger partial charge in [0.15, 0.2) is 5.13 Å². The van der Waals surface area contributed by atoms with Crippen LogP contribution in [0.5, 0.6) is 0 Å². The number of nitrogens with one attached hydrogen (secondary N) is 1. The van der Waals surface area contributed by atoms with E-state index >= 15 is 0 Å². The van der Waals surface area contributed by atoms with Crippen molar-refractivity contribution in [3.05, 3.63) is 57.7 Å². The molecule has 0 bridgehead atoms. The number of thiazole rings is 1. The summed E-state index contributed by atoms with van der Waals surface area (Å²) in [4.78, 5) is 10.8. The van der Waals surface area contributed by atoms with E-state index in [1.165, 1.54) is 16.6 Å². The molecule has 26 heavy (non-hydrogen) atoms. The number of hydrogen-bond acceptors (Lipinski definition) is 3. The molecular weight excluding hydrogens is 385 g/mol. The second kappa shape index (κ2) is 6.15. The summed E-state index contributed by atoms with van der Waals surface area (Å²) in [5.41, 5.74) is 4.87. The lowest BCUT2D eigenvalue weighted by Gasteiger charge is -2.32. The molecule has 0 fully saturated rings. The standard InChI is InChI=1S/C20H17Cl2N3S/c1-2-11-9-25(20-24-16-6-4-13(22)8-18(16)26-20)10-17-19(11)14-7-12(21)3-5-15(14)23-17/h3-8,11,23H,2,9-10H2,1H3. The molecule has 132 valence electrons. The second-order valence-corrected chi connectivity index (χ2v) is 8.68. The summed E-state index contributed by atoms with van der Waals surface area (Å²) in [6.07, 6.45) is 1.08. The minimum atomic E-state index is 0.460. The molecule has 0 radical (unpaired) electrons. The lowest BCUT2D eigenvalue weighted by atomic mass is 9.90. The molecule has 0 spiro atoms. The van der Waals surface area contributed by atoms with E-state index in [4.69, 9.17) is 28.2 Å². The largest absolute Gasteiger partial charge is 0.357 e. The third-order valence-electron chi connectivity index (χ3n) is 5.18. The number of aromatic amines is 1. The summed E-state index contributed by atoms with van der Waals surface area (Å²) in [5.74, 6) is 0.460. The van der Waals surface area contributed by atoms with E-state index in [2.05, 4.69) is 28.9 Å². The lowest BCUT2D eigenvalue weighted by Crippen LogP contribution is -2.33. The van der Waals surface area contributed by atoms with Crippen molar-refractivity contribution in [3.8, 4) is 0 Å². The molecule has 0 saturated carbocycles. The first-order valence-corrected chi connectivity index (χ1v) is 10.3. The Labute approximate surface area is 165 Å². The molecule has 1 N–H and O–H groups in total. The highest BCUT2D eigenvalue weighted by molar-refractivity contribution is 7.22. The molecule has 2 aromatic heterocycles. The highest BCUT2D eigenvalue weighted by Gasteiger charge is 2.29. The summed E-state index contributed by atoms with van der Waals surface area (Å²) in [6, 6.07) is 12.0. The Hall–Kier alpha value is -1.75. The van der Waals surface area contributed by atoms with Crippen molar-refractivity contribution >= 4 is 60.8 Å². The van der Waals surface area contributed by atoms with Crippen LogP contribution in [0.15, 0.2) is 36.4 Å². The highest BCUT2D eigenvalue weighted by atomic mass is 35.5. The van der Waals surface area contributed by atoms with Gasteiger partial charge in [-0.1, -0.05) is 41.5 Å². The van der Waals surface area contributed by atoms with Crippen LogP contribution in [0.25, 0.3) is 21.1 Å². The van der Waals surface area contributed by atoms with Crippen molar-refractivity contribution < 1.29 is 0 Å². The Kier molecular flexibility index (Phi) is 3.89. The van der Waals surface area contributed by atoms with Gasteiger partial charge in [0, 0.05) is 39.1 Å². The van der Waals surface area contributed by atoms with Crippen LogP contribution in [0.3, 0.4) is 0 Å². The zero-order chi connectivity index (χ0) is 17.8. The summed E-state index contributed by atoms with van der Waals surface area (Å²) in [5, 5.41) is 3.87. The van der Waals surface area contributed by atoms with Gasteiger partial charge < -0.3 is 9.88 Å². The molecule has 2 aromatic carbocycles. The average Bonchev–Trinajstić information content (AvgIpc) is 3.21. The van der Waals surface area contributed by atoms with Gasteiger partial charge in [0.05, 0.1) is 16.8 Å². The first kappa shape index (κ1) is 16.4. The minimum absolute atomic E-state index is 0.460. The van der Waals surface area contributed by atoms with Crippen LogP contribution in [0, 0.1) is 0 Å². The zero-order valence-electron chi connectivity index (χ0n) is 14.2. The van der Waals surface area contributed by atoms with E-state index in [1.54, 1.807) is 11.3 Å². The summed E-state index contributed by atoms with van der Waals surface area (Å²) < 4.78 is 1.13. The quantitative estimate of drug-likeness (QED) is 0.410. The number of H-pyrrole nitrogens is 1. The summed E-state index contributed by atoms with van der Waals surface area (Å²) >= 11 is 14.1. The third-order valence-corrected chi connectivity index (χ3v) is 6.73. The number of nitrogens with zero attached hydrogens (tertiary/aromatic N) is 2.